The van der Waals surface area contributed by atoms with Crippen molar-refractivity contribution in [3.05, 3.63) is 29.6 Å². The van der Waals surface area contributed by atoms with Gasteiger partial charge in [0.15, 0.2) is 0 Å². The van der Waals surface area contributed by atoms with Gasteiger partial charge in [-0.05, 0) is 25.0 Å². The molecule has 9 heteroatoms. The van der Waals surface area contributed by atoms with Gasteiger partial charge in [0.1, 0.15) is 11.4 Å². The van der Waals surface area contributed by atoms with Crippen LogP contribution in [0.5, 0.6) is 0 Å². The Kier molecular flexibility index (Phi) is 4.33. The number of rotatable bonds is 2. The zero-order chi connectivity index (χ0) is 17.3. The third kappa shape index (κ3) is 3.29. The average Bonchev–Trinajstić information content (AvgIpc) is 3.00. The van der Waals surface area contributed by atoms with E-state index in [9.17, 15) is 22.8 Å². The van der Waals surface area contributed by atoms with Crippen LogP contribution in [0, 0.1) is 0 Å². The van der Waals surface area contributed by atoms with E-state index in [2.05, 4.69) is 10.3 Å². The number of likely N-dealkylation sites (tertiary alicyclic amines) is 1. The molecule has 2 saturated heterocycles. The van der Waals surface area contributed by atoms with Gasteiger partial charge in [0, 0.05) is 26.2 Å². The first-order valence-electron chi connectivity index (χ1n) is 7.74. The maximum Gasteiger partial charge on any atom is 0.433 e. The van der Waals surface area contributed by atoms with E-state index >= 15 is 0 Å². The highest BCUT2D eigenvalue weighted by Gasteiger charge is 2.35. The van der Waals surface area contributed by atoms with E-state index < -0.39 is 17.8 Å². The lowest BCUT2D eigenvalue weighted by Gasteiger charge is -2.36. The summed E-state index contributed by atoms with van der Waals surface area (Å²) in [5.74, 6) is -0.537. The predicted molar refractivity (Wildman–Crippen MR) is 78.3 cm³/mol. The first kappa shape index (κ1) is 16.5. The van der Waals surface area contributed by atoms with Gasteiger partial charge in [0.2, 0.25) is 0 Å². The number of aromatic nitrogens is 1. The quantitative estimate of drug-likeness (QED) is 0.890. The van der Waals surface area contributed by atoms with E-state index in [1.807, 2.05) is 0 Å². The Morgan fingerprint density at radius 2 is 2.08 bits per heavy atom. The molecule has 24 heavy (non-hydrogen) atoms. The molecule has 0 saturated carbocycles. The van der Waals surface area contributed by atoms with Gasteiger partial charge in [-0.2, -0.15) is 13.2 Å². The van der Waals surface area contributed by atoms with Gasteiger partial charge in [0.25, 0.3) is 5.91 Å². The maximum absolute atomic E-state index is 12.7. The summed E-state index contributed by atoms with van der Waals surface area (Å²) in [5.41, 5.74) is -1.31. The standard InChI is InChI=1S/C15H17F3N4O2/c16-15(17,18)12-5-1-4-11(20-12)13(23)21-7-2-3-10(9-21)22-8-6-19-14(22)24/h1,4-5,10H,2-3,6-9H2,(H,19,24). The fourth-order valence-electron chi connectivity index (χ4n) is 3.10. The predicted octanol–water partition coefficient (Wildman–Crippen LogP) is 1.73. The highest BCUT2D eigenvalue weighted by atomic mass is 19.4. The lowest BCUT2D eigenvalue weighted by Crippen LogP contribution is -2.50. The van der Waals surface area contributed by atoms with Gasteiger partial charge in [-0.3, -0.25) is 4.79 Å². The molecule has 6 nitrogen and oxygen atoms in total. The number of halogens is 3. The highest BCUT2D eigenvalue weighted by molar-refractivity contribution is 5.92. The van der Waals surface area contributed by atoms with Crippen molar-refractivity contribution in [2.45, 2.75) is 25.1 Å². The summed E-state index contributed by atoms with van der Waals surface area (Å²) >= 11 is 0. The molecule has 0 aromatic carbocycles. The molecule has 1 unspecified atom stereocenters. The number of carbonyl (C=O) groups is 2. The molecule has 1 aromatic heterocycles. The Hall–Kier alpha value is -2.32. The fourth-order valence-corrected chi connectivity index (χ4v) is 3.10. The Morgan fingerprint density at radius 1 is 1.29 bits per heavy atom. The van der Waals surface area contributed by atoms with Crippen LogP contribution in [0.3, 0.4) is 0 Å². The molecule has 1 atom stereocenters. The molecule has 3 heterocycles. The van der Waals surface area contributed by atoms with E-state index in [1.54, 1.807) is 4.90 Å². The number of carbonyl (C=O) groups excluding carboxylic acids is 2. The van der Waals surface area contributed by atoms with Crippen molar-refractivity contribution in [3.8, 4) is 0 Å². The number of hydrogen-bond acceptors (Lipinski definition) is 3. The summed E-state index contributed by atoms with van der Waals surface area (Å²) in [7, 11) is 0. The number of piperidine rings is 1. The second-order valence-electron chi connectivity index (χ2n) is 5.88. The van der Waals surface area contributed by atoms with Crippen molar-refractivity contribution in [1.82, 2.24) is 20.1 Å². The largest absolute Gasteiger partial charge is 0.433 e. The fraction of sp³-hybridized carbons (Fsp3) is 0.533. The van der Waals surface area contributed by atoms with Gasteiger partial charge < -0.3 is 15.1 Å². The molecule has 3 rings (SSSR count). The zero-order valence-corrected chi connectivity index (χ0v) is 12.8. The van der Waals surface area contributed by atoms with E-state index in [0.29, 0.717) is 32.6 Å². The third-order valence-corrected chi connectivity index (χ3v) is 4.27. The van der Waals surface area contributed by atoms with Crippen LogP contribution < -0.4 is 5.32 Å². The van der Waals surface area contributed by atoms with Crippen LogP contribution >= 0.6 is 0 Å². The van der Waals surface area contributed by atoms with Crippen LogP contribution in [0.1, 0.15) is 29.0 Å². The number of alkyl halides is 3. The minimum absolute atomic E-state index is 0.115. The average molecular weight is 342 g/mol. The summed E-state index contributed by atoms with van der Waals surface area (Å²) < 4.78 is 38.2. The molecule has 2 fully saturated rings. The molecule has 2 aliphatic heterocycles. The van der Waals surface area contributed by atoms with E-state index in [4.69, 9.17) is 0 Å². The Labute approximate surface area is 136 Å². The van der Waals surface area contributed by atoms with Crippen molar-refractivity contribution in [2.75, 3.05) is 26.2 Å². The molecule has 130 valence electrons. The number of nitrogens with one attached hydrogen (secondary N) is 1. The first-order chi connectivity index (χ1) is 11.4. The highest BCUT2D eigenvalue weighted by Crippen LogP contribution is 2.28. The molecule has 3 amide bonds. The molecule has 0 radical (unpaired) electrons. The number of pyridine rings is 1. The minimum Gasteiger partial charge on any atom is -0.336 e. The van der Waals surface area contributed by atoms with Crippen molar-refractivity contribution in [2.24, 2.45) is 0 Å². The van der Waals surface area contributed by atoms with Crippen LogP contribution in [0.25, 0.3) is 0 Å². The summed E-state index contributed by atoms with van der Waals surface area (Å²) in [6.07, 6.45) is -3.12. The Balaban J connectivity index is 1.74. The van der Waals surface area contributed by atoms with Gasteiger partial charge in [-0.1, -0.05) is 6.07 Å². The van der Waals surface area contributed by atoms with Gasteiger partial charge >= 0.3 is 12.2 Å². The first-order valence-corrected chi connectivity index (χ1v) is 7.74. The normalized spacial score (nSPS) is 21.8. The van der Waals surface area contributed by atoms with Crippen molar-refractivity contribution in [3.63, 3.8) is 0 Å². The summed E-state index contributed by atoms with van der Waals surface area (Å²) in [5, 5.41) is 2.71. The maximum atomic E-state index is 12.7. The van der Waals surface area contributed by atoms with Crippen LogP contribution in [0.4, 0.5) is 18.0 Å². The number of amides is 3. The molecular weight excluding hydrogens is 325 g/mol. The SMILES string of the molecule is O=C(c1cccc(C(F)(F)F)n1)N1CCCC(N2CCNC2=O)C1. The molecule has 0 aliphatic carbocycles. The van der Waals surface area contributed by atoms with Crippen LogP contribution in [-0.2, 0) is 6.18 Å². The monoisotopic (exact) mass is 342 g/mol. The Morgan fingerprint density at radius 3 is 2.75 bits per heavy atom. The zero-order valence-electron chi connectivity index (χ0n) is 12.8. The summed E-state index contributed by atoms with van der Waals surface area (Å²) in [6.45, 7) is 1.90. The topological polar surface area (TPSA) is 65.5 Å². The number of nitrogens with zero attached hydrogens (tertiary/aromatic N) is 3. The van der Waals surface area contributed by atoms with Crippen LogP contribution in [0.2, 0.25) is 0 Å². The number of urea groups is 1. The lowest BCUT2D eigenvalue weighted by atomic mass is 10.0. The third-order valence-electron chi connectivity index (χ3n) is 4.27. The second kappa shape index (κ2) is 6.29. The lowest BCUT2D eigenvalue weighted by molar-refractivity contribution is -0.141. The Bertz CT molecular complexity index is 650. The van der Waals surface area contributed by atoms with Crippen LogP contribution in [-0.4, -0.2) is 58.9 Å². The van der Waals surface area contributed by atoms with E-state index in [1.165, 1.54) is 17.0 Å². The van der Waals surface area contributed by atoms with Crippen LogP contribution in [0.15, 0.2) is 18.2 Å². The van der Waals surface area contributed by atoms with Crippen molar-refractivity contribution < 1.29 is 22.8 Å². The molecule has 1 N–H and O–H groups in total. The molecule has 0 spiro atoms. The second-order valence-corrected chi connectivity index (χ2v) is 5.88. The summed E-state index contributed by atoms with van der Waals surface area (Å²) in [6, 6.07) is 3.02. The minimum atomic E-state index is -4.59. The number of hydrogen-bond donors (Lipinski definition) is 1. The van der Waals surface area contributed by atoms with E-state index in [-0.39, 0.29) is 17.8 Å². The summed E-state index contributed by atoms with van der Waals surface area (Å²) in [4.78, 5) is 30.8. The molecule has 1 aromatic rings. The van der Waals surface area contributed by atoms with Gasteiger partial charge in [-0.15, -0.1) is 0 Å². The molecule has 2 aliphatic rings. The molecular formula is C15H17F3N4O2. The smallest absolute Gasteiger partial charge is 0.336 e. The van der Waals surface area contributed by atoms with Gasteiger partial charge in [-0.25, -0.2) is 9.78 Å². The molecule has 0 bridgehead atoms. The van der Waals surface area contributed by atoms with E-state index in [0.717, 1.165) is 12.5 Å². The van der Waals surface area contributed by atoms with Crippen molar-refractivity contribution in [1.29, 1.82) is 0 Å². The van der Waals surface area contributed by atoms with Crippen molar-refractivity contribution >= 4 is 11.9 Å². The van der Waals surface area contributed by atoms with Gasteiger partial charge in [0.05, 0.1) is 6.04 Å².